The average Bonchev–Trinajstić information content (AvgIpc) is 3.13. The third-order valence-electron chi connectivity index (χ3n) is 5.60. The van der Waals surface area contributed by atoms with Crippen LogP contribution >= 0.6 is 38.1 Å². The first-order valence-electron chi connectivity index (χ1n) is 12.2. The van der Waals surface area contributed by atoms with E-state index in [1.807, 2.05) is 0 Å². The third kappa shape index (κ3) is 15.1. The maximum Gasteiger partial charge on any atom is 0.256 e. The lowest BCUT2D eigenvalue weighted by Crippen LogP contribution is -2.47. The first kappa shape index (κ1) is 37.1. The van der Waals surface area contributed by atoms with E-state index in [0.29, 0.717) is 36.4 Å². The van der Waals surface area contributed by atoms with Crippen LogP contribution in [0.25, 0.3) is 0 Å². The van der Waals surface area contributed by atoms with Crippen molar-refractivity contribution in [1.82, 2.24) is 23.4 Å². The molecule has 35 heavy (non-hydrogen) atoms. The summed E-state index contributed by atoms with van der Waals surface area (Å²) in [5.74, 6) is 1.44. The molecular formula is C23H51F2N6OS3+. The number of hydrogen-bond donors (Lipinski definition) is 0. The minimum atomic E-state index is -0.136. The van der Waals surface area contributed by atoms with Gasteiger partial charge in [0, 0.05) is 57.8 Å². The van der Waals surface area contributed by atoms with E-state index in [-0.39, 0.29) is 30.4 Å². The average molecular weight is 562 g/mol. The number of rotatable bonds is 15. The second-order valence-electron chi connectivity index (χ2n) is 9.38. The molecule has 7 nitrogen and oxygen atoms in total. The summed E-state index contributed by atoms with van der Waals surface area (Å²) in [6.07, 6.45) is 5.62. The van der Waals surface area contributed by atoms with Gasteiger partial charge in [0.1, 0.15) is 37.7 Å². The smallest absolute Gasteiger partial charge is 0.256 e. The van der Waals surface area contributed by atoms with E-state index in [1.54, 1.807) is 0 Å². The fourth-order valence-electron chi connectivity index (χ4n) is 4.09. The van der Waals surface area contributed by atoms with Gasteiger partial charge in [-0.1, -0.05) is 15.9 Å². The van der Waals surface area contributed by atoms with Gasteiger partial charge < -0.3 is 0 Å². The molecule has 210 valence electrons. The van der Waals surface area contributed by atoms with E-state index in [9.17, 15) is 8.37 Å². The van der Waals surface area contributed by atoms with Gasteiger partial charge in [0.05, 0.1) is 0 Å². The van der Waals surface area contributed by atoms with Crippen LogP contribution in [0.15, 0.2) is 12.4 Å². The molecule has 0 aliphatic heterocycles. The van der Waals surface area contributed by atoms with Crippen molar-refractivity contribution in [2.45, 2.75) is 106 Å². The number of aromatic nitrogens is 2. The minimum absolute atomic E-state index is 0. The second kappa shape index (κ2) is 20.0. The van der Waals surface area contributed by atoms with Crippen LogP contribution < -0.4 is 4.57 Å². The molecule has 0 saturated heterocycles. The SMILES string of the molecule is CCc1n(CCN(C(C)C)C(C)C)cc[n+]1CCN(C(C)C)C(C)C.CN(F)SON(C)SF.S. The molecule has 0 amide bonds. The van der Waals surface area contributed by atoms with Crippen LogP contribution in [-0.2, 0) is 23.8 Å². The molecule has 1 heterocycles. The molecule has 0 aliphatic rings. The highest BCUT2D eigenvalue weighted by molar-refractivity contribution is 7.94. The molecule has 0 fully saturated rings. The number of nitrogens with zero attached hydrogens (tertiary/aromatic N) is 6. The zero-order valence-electron chi connectivity index (χ0n) is 23.7. The Morgan fingerprint density at radius 1 is 0.943 bits per heavy atom. The van der Waals surface area contributed by atoms with Gasteiger partial charge in [0.2, 0.25) is 0 Å². The molecule has 0 aliphatic carbocycles. The van der Waals surface area contributed by atoms with Crippen molar-refractivity contribution in [2.24, 2.45) is 0 Å². The van der Waals surface area contributed by atoms with E-state index < -0.39 is 0 Å². The molecule has 0 radical (unpaired) electrons. The fourth-order valence-corrected chi connectivity index (χ4v) is 4.45. The Balaban J connectivity index is 0. The molecular weight excluding hydrogens is 510 g/mol. The summed E-state index contributed by atoms with van der Waals surface area (Å²) < 4.78 is 33.3. The first-order valence-corrected chi connectivity index (χ1v) is 13.6. The molecule has 12 heteroatoms. The van der Waals surface area contributed by atoms with Gasteiger partial charge >= 0.3 is 0 Å². The Labute approximate surface area is 229 Å². The summed E-state index contributed by atoms with van der Waals surface area (Å²) in [6.45, 7) is 25.0. The van der Waals surface area contributed by atoms with Gasteiger partial charge in [-0.15, -0.1) is 8.37 Å². The van der Waals surface area contributed by atoms with E-state index in [0.717, 1.165) is 44.1 Å². The van der Waals surface area contributed by atoms with Crippen LogP contribution in [0.2, 0.25) is 0 Å². The maximum absolute atomic E-state index is 11.7. The number of halogens is 2. The van der Waals surface area contributed by atoms with E-state index in [2.05, 4.69) is 97.9 Å². The Kier molecular flexibility index (Phi) is 21.1. The van der Waals surface area contributed by atoms with Crippen molar-refractivity contribution >= 4 is 38.1 Å². The topological polar surface area (TPSA) is 31.0 Å². The predicted octanol–water partition coefficient (Wildman–Crippen LogP) is 5.45. The highest BCUT2D eigenvalue weighted by Gasteiger charge is 2.20. The third-order valence-corrected chi connectivity index (χ3v) is 6.45. The number of hydroxylamine groups is 1. The Hall–Kier alpha value is -0.0800. The van der Waals surface area contributed by atoms with E-state index in [1.165, 1.54) is 12.9 Å². The molecule has 1 aromatic rings. The van der Waals surface area contributed by atoms with E-state index in [4.69, 9.17) is 0 Å². The summed E-state index contributed by atoms with van der Waals surface area (Å²) in [5.41, 5.74) is 0. The summed E-state index contributed by atoms with van der Waals surface area (Å²) in [6, 6.07) is 2.38. The van der Waals surface area contributed by atoms with Crippen molar-refractivity contribution < 1.29 is 17.2 Å². The molecule has 0 atom stereocenters. The van der Waals surface area contributed by atoms with Crippen molar-refractivity contribution in [3.63, 3.8) is 0 Å². The zero-order chi connectivity index (χ0) is 26.4. The lowest BCUT2D eigenvalue weighted by Gasteiger charge is -2.30. The summed E-state index contributed by atoms with van der Waals surface area (Å²) in [5, 5.41) is 0. The van der Waals surface area contributed by atoms with Crippen LogP contribution in [-0.4, -0.2) is 74.7 Å². The van der Waals surface area contributed by atoms with Gasteiger partial charge in [0.25, 0.3) is 5.82 Å². The predicted molar refractivity (Wildman–Crippen MR) is 152 cm³/mol. The standard InChI is InChI=1S/C21H43N4.C2H6F2N2OS2.H2S/c1-10-21-22(13-15-24(17(2)3)18(4)5)11-12-23(21)14-16-25(19(6)7)20(8)9;1-5(3)9-7-6(2)8-4;/h11-12,17-20H,10,13-16H2,1-9H3;1-2H3;1H2/q+1;;. The van der Waals surface area contributed by atoms with Crippen LogP contribution in [0.4, 0.5) is 8.37 Å². The van der Waals surface area contributed by atoms with Crippen molar-refractivity contribution in [3.05, 3.63) is 18.2 Å². The first-order chi connectivity index (χ1) is 15.8. The van der Waals surface area contributed by atoms with Gasteiger partial charge in [-0.2, -0.15) is 17.8 Å². The summed E-state index contributed by atoms with van der Waals surface area (Å²) in [4.78, 5) is 5.14. The number of hydrogen-bond acceptors (Lipinski definition) is 7. The molecule has 0 spiro atoms. The Bertz CT molecular complexity index is 593. The van der Waals surface area contributed by atoms with E-state index >= 15 is 0 Å². The minimum Gasteiger partial charge on any atom is -0.295 e. The lowest BCUT2D eigenvalue weighted by molar-refractivity contribution is -0.703. The maximum atomic E-state index is 11.7. The van der Waals surface area contributed by atoms with Crippen molar-refractivity contribution in [1.29, 1.82) is 0 Å². The highest BCUT2D eigenvalue weighted by Crippen LogP contribution is 2.16. The van der Waals surface area contributed by atoms with Crippen LogP contribution in [0.3, 0.4) is 0 Å². The molecule has 1 aromatic heterocycles. The zero-order valence-corrected chi connectivity index (χ0v) is 26.3. The summed E-state index contributed by atoms with van der Waals surface area (Å²) in [7, 11) is 2.46. The molecule has 1 rings (SSSR count). The largest absolute Gasteiger partial charge is 0.295 e. The molecule has 0 N–H and O–H groups in total. The van der Waals surface area contributed by atoms with Gasteiger partial charge in [-0.3, -0.25) is 9.80 Å². The molecule has 0 unspecified atom stereocenters. The van der Waals surface area contributed by atoms with Gasteiger partial charge in [0.15, 0.2) is 12.3 Å². The quantitative estimate of drug-likeness (QED) is 0.0925. The van der Waals surface area contributed by atoms with Crippen LogP contribution in [0.1, 0.15) is 68.1 Å². The summed E-state index contributed by atoms with van der Waals surface area (Å²) >= 11 is 0.259. The lowest BCUT2D eigenvalue weighted by atomic mass is 10.2. The molecule has 0 saturated carbocycles. The highest BCUT2D eigenvalue weighted by atomic mass is 32.2. The van der Waals surface area contributed by atoms with Crippen LogP contribution in [0, 0.1) is 0 Å². The second-order valence-corrected chi connectivity index (χ2v) is 10.8. The van der Waals surface area contributed by atoms with Gasteiger partial charge in [-0.05, 0) is 55.4 Å². The Morgan fingerprint density at radius 3 is 1.83 bits per heavy atom. The van der Waals surface area contributed by atoms with Crippen molar-refractivity contribution in [2.75, 3.05) is 27.2 Å². The monoisotopic (exact) mass is 561 g/mol. The Morgan fingerprint density at radius 2 is 1.43 bits per heavy atom. The van der Waals surface area contributed by atoms with Gasteiger partial charge in [-0.25, -0.2) is 9.13 Å². The normalized spacial score (nSPS) is 12.0. The van der Waals surface area contributed by atoms with Crippen molar-refractivity contribution in [3.8, 4) is 0 Å². The van der Waals surface area contributed by atoms with Crippen LogP contribution in [0.5, 0.6) is 0 Å². The molecule has 0 bridgehead atoms. The number of imidazole rings is 1. The fraction of sp³-hybridized carbons (Fsp3) is 0.870. The molecule has 0 aromatic carbocycles.